The molecule has 1 aliphatic rings. The Morgan fingerprint density at radius 3 is 2.44 bits per heavy atom. The predicted molar refractivity (Wildman–Crippen MR) is 95.7 cm³/mol. The molecule has 0 saturated carbocycles. The van der Waals surface area contributed by atoms with Crippen LogP contribution in [0.1, 0.15) is 23.2 Å². The first-order valence-corrected chi connectivity index (χ1v) is 8.16. The number of carbonyl (C=O) groups excluding carboxylic acids is 3. The van der Waals surface area contributed by atoms with Gasteiger partial charge in [0.05, 0.1) is 5.69 Å². The van der Waals surface area contributed by atoms with E-state index < -0.39 is 18.5 Å². The number of nitrogens with zero attached hydrogens (tertiary/aromatic N) is 1. The highest BCUT2D eigenvalue weighted by Crippen LogP contribution is 2.24. The second-order valence-electron chi connectivity index (χ2n) is 5.84. The highest BCUT2D eigenvalue weighted by molar-refractivity contribution is 6.20. The highest BCUT2D eigenvalue weighted by atomic mass is 16.5. The van der Waals surface area contributed by atoms with E-state index >= 15 is 0 Å². The number of aliphatic carboxylic acids is 1. The molecular formula is C19H16N2O6. The smallest absolute Gasteiger partial charge is 0.341 e. The molecule has 1 aliphatic heterocycles. The van der Waals surface area contributed by atoms with Crippen LogP contribution in [-0.4, -0.2) is 35.4 Å². The number of imide groups is 1. The van der Waals surface area contributed by atoms with Gasteiger partial charge in [-0.1, -0.05) is 12.1 Å². The third-order valence-electron chi connectivity index (χ3n) is 3.87. The number of rotatable bonds is 6. The van der Waals surface area contributed by atoms with Crippen LogP contribution in [0.25, 0.3) is 0 Å². The van der Waals surface area contributed by atoms with Gasteiger partial charge in [0, 0.05) is 30.2 Å². The fourth-order valence-corrected chi connectivity index (χ4v) is 2.66. The maximum Gasteiger partial charge on any atom is 0.341 e. The van der Waals surface area contributed by atoms with Crippen molar-refractivity contribution in [2.24, 2.45) is 0 Å². The molecular weight excluding hydrogens is 352 g/mol. The summed E-state index contributed by atoms with van der Waals surface area (Å²) >= 11 is 0. The average molecular weight is 368 g/mol. The molecule has 8 heteroatoms. The Morgan fingerprint density at radius 2 is 1.74 bits per heavy atom. The largest absolute Gasteiger partial charge is 0.482 e. The number of carbonyl (C=O) groups is 4. The van der Waals surface area contributed by atoms with Crippen molar-refractivity contribution in [3.05, 3.63) is 54.1 Å². The maximum atomic E-state index is 12.5. The zero-order chi connectivity index (χ0) is 19.4. The number of benzene rings is 2. The van der Waals surface area contributed by atoms with E-state index in [2.05, 4.69) is 5.32 Å². The van der Waals surface area contributed by atoms with Crippen LogP contribution in [0.2, 0.25) is 0 Å². The van der Waals surface area contributed by atoms with Gasteiger partial charge in [-0.2, -0.15) is 0 Å². The Balaban J connectivity index is 1.74. The molecule has 0 radical (unpaired) electrons. The summed E-state index contributed by atoms with van der Waals surface area (Å²) < 4.78 is 5.07. The molecule has 0 aromatic heterocycles. The zero-order valence-corrected chi connectivity index (χ0v) is 14.2. The van der Waals surface area contributed by atoms with Crippen molar-refractivity contribution in [2.75, 3.05) is 16.8 Å². The molecule has 3 rings (SSSR count). The third-order valence-corrected chi connectivity index (χ3v) is 3.87. The van der Waals surface area contributed by atoms with Crippen LogP contribution >= 0.6 is 0 Å². The average Bonchev–Trinajstić information content (AvgIpc) is 2.99. The normalized spacial score (nSPS) is 13.6. The summed E-state index contributed by atoms with van der Waals surface area (Å²) in [5.41, 5.74) is 1.05. The molecule has 8 nitrogen and oxygen atoms in total. The van der Waals surface area contributed by atoms with Gasteiger partial charge in [-0.15, -0.1) is 0 Å². The molecule has 1 heterocycles. The molecule has 0 bridgehead atoms. The molecule has 27 heavy (non-hydrogen) atoms. The summed E-state index contributed by atoms with van der Waals surface area (Å²) in [6.45, 7) is -0.489. The summed E-state index contributed by atoms with van der Waals surface area (Å²) in [6.07, 6.45) is 0.330. The minimum absolute atomic E-state index is 0.165. The molecule has 1 saturated heterocycles. The minimum Gasteiger partial charge on any atom is -0.482 e. The van der Waals surface area contributed by atoms with Gasteiger partial charge in [0.25, 0.3) is 5.91 Å². The van der Waals surface area contributed by atoms with E-state index in [1.54, 1.807) is 36.4 Å². The van der Waals surface area contributed by atoms with E-state index in [1.165, 1.54) is 12.1 Å². The van der Waals surface area contributed by atoms with Gasteiger partial charge in [-0.25, -0.2) is 4.79 Å². The molecule has 0 unspecified atom stereocenters. The van der Waals surface area contributed by atoms with Gasteiger partial charge in [0.2, 0.25) is 11.8 Å². The van der Waals surface area contributed by atoms with E-state index in [-0.39, 0.29) is 30.2 Å². The monoisotopic (exact) mass is 368 g/mol. The molecule has 0 aliphatic carbocycles. The number of hydrogen-bond donors (Lipinski definition) is 2. The zero-order valence-electron chi connectivity index (χ0n) is 14.2. The van der Waals surface area contributed by atoms with Crippen molar-refractivity contribution in [1.29, 1.82) is 0 Å². The Kier molecular flexibility index (Phi) is 5.16. The number of carboxylic acid groups (broad SMARTS) is 1. The Labute approximate surface area is 154 Å². The summed E-state index contributed by atoms with van der Waals surface area (Å²) in [6, 6.07) is 12.5. The number of hydrogen-bond acceptors (Lipinski definition) is 5. The highest BCUT2D eigenvalue weighted by Gasteiger charge is 2.30. The third kappa shape index (κ3) is 4.30. The summed E-state index contributed by atoms with van der Waals surface area (Å²) in [5.74, 6) is -1.82. The van der Waals surface area contributed by atoms with Gasteiger partial charge in [0.15, 0.2) is 6.61 Å². The van der Waals surface area contributed by atoms with Crippen LogP contribution < -0.4 is 15.0 Å². The van der Waals surface area contributed by atoms with Gasteiger partial charge < -0.3 is 15.2 Å². The van der Waals surface area contributed by atoms with E-state index in [1.807, 2.05) is 0 Å². The molecule has 2 N–H and O–H groups in total. The lowest BCUT2D eigenvalue weighted by Gasteiger charge is -2.15. The fourth-order valence-electron chi connectivity index (χ4n) is 2.66. The lowest BCUT2D eigenvalue weighted by molar-refractivity contribution is -0.139. The number of ether oxygens (including phenoxy) is 1. The van der Waals surface area contributed by atoms with Gasteiger partial charge in [-0.3, -0.25) is 19.3 Å². The summed E-state index contributed by atoms with van der Waals surface area (Å²) in [7, 11) is 0. The van der Waals surface area contributed by atoms with Crippen molar-refractivity contribution in [2.45, 2.75) is 12.8 Å². The SMILES string of the molecule is O=C(O)COc1cccc(NC(=O)c2cccc(N3C(=O)CCC3=O)c2)c1. The number of carboxylic acids is 1. The minimum atomic E-state index is -1.10. The molecule has 2 aromatic rings. The lowest BCUT2D eigenvalue weighted by Crippen LogP contribution is -2.28. The van der Waals surface area contributed by atoms with Crippen molar-refractivity contribution < 1.29 is 29.0 Å². The van der Waals surface area contributed by atoms with E-state index in [9.17, 15) is 19.2 Å². The second-order valence-corrected chi connectivity index (χ2v) is 5.84. The first-order chi connectivity index (χ1) is 12.9. The molecule has 138 valence electrons. The van der Waals surface area contributed by atoms with Crippen LogP contribution in [0, 0.1) is 0 Å². The van der Waals surface area contributed by atoms with Crippen LogP contribution in [0.5, 0.6) is 5.75 Å². The molecule has 1 fully saturated rings. The Hall–Kier alpha value is -3.68. The van der Waals surface area contributed by atoms with Crippen LogP contribution in [-0.2, 0) is 14.4 Å². The van der Waals surface area contributed by atoms with E-state index in [4.69, 9.17) is 9.84 Å². The topological polar surface area (TPSA) is 113 Å². The maximum absolute atomic E-state index is 12.5. The number of nitrogens with one attached hydrogen (secondary N) is 1. The van der Waals surface area contributed by atoms with Crippen molar-refractivity contribution in [1.82, 2.24) is 0 Å². The second kappa shape index (κ2) is 7.69. The van der Waals surface area contributed by atoms with Crippen LogP contribution in [0.3, 0.4) is 0 Å². The fraction of sp³-hybridized carbons (Fsp3) is 0.158. The Morgan fingerprint density at radius 1 is 1.04 bits per heavy atom. The summed E-state index contributed by atoms with van der Waals surface area (Å²) in [4.78, 5) is 47.8. The van der Waals surface area contributed by atoms with E-state index in [0.717, 1.165) is 4.90 Å². The molecule has 0 atom stereocenters. The molecule has 2 aromatic carbocycles. The number of amides is 3. The lowest BCUT2D eigenvalue weighted by atomic mass is 10.1. The summed E-state index contributed by atoms with van der Waals surface area (Å²) in [5, 5.41) is 11.3. The van der Waals surface area contributed by atoms with Crippen molar-refractivity contribution >= 4 is 35.1 Å². The molecule has 3 amide bonds. The van der Waals surface area contributed by atoms with Gasteiger partial charge in [0.1, 0.15) is 5.75 Å². The van der Waals surface area contributed by atoms with Crippen LogP contribution in [0.15, 0.2) is 48.5 Å². The first-order valence-electron chi connectivity index (χ1n) is 8.16. The Bertz CT molecular complexity index is 908. The van der Waals surface area contributed by atoms with Crippen molar-refractivity contribution in [3.8, 4) is 5.75 Å². The first kappa shape index (κ1) is 18.1. The van der Waals surface area contributed by atoms with E-state index in [0.29, 0.717) is 17.1 Å². The van der Waals surface area contributed by atoms with Crippen molar-refractivity contribution in [3.63, 3.8) is 0 Å². The van der Waals surface area contributed by atoms with Gasteiger partial charge >= 0.3 is 5.97 Å². The standard InChI is InChI=1S/C19H16N2O6/c22-16-7-8-17(23)21(16)14-5-1-3-12(9-14)19(26)20-13-4-2-6-15(10-13)27-11-18(24)25/h1-6,9-10H,7-8,11H2,(H,20,26)(H,24,25). The number of anilines is 2. The van der Waals surface area contributed by atoms with Gasteiger partial charge in [-0.05, 0) is 30.3 Å². The predicted octanol–water partition coefficient (Wildman–Crippen LogP) is 2.06. The van der Waals surface area contributed by atoms with Crippen LogP contribution in [0.4, 0.5) is 11.4 Å². The quantitative estimate of drug-likeness (QED) is 0.755. The molecule has 0 spiro atoms.